The van der Waals surface area contributed by atoms with Crippen LogP contribution in [0.25, 0.3) is 0 Å². The van der Waals surface area contributed by atoms with Crippen LogP contribution < -0.4 is 0 Å². The quantitative estimate of drug-likeness (QED) is 0.806. The second kappa shape index (κ2) is 9.08. The van der Waals surface area contributed by atoms with Crippen molar-refractivity contribution in [2.45, 2.75) is 51.5 Å². The fraction of sp³-hybridized carbons (Fsp3) is 0.652. The fourth-order valence-electron chi connectivity index (χ4n) is 4.90. The highest BCUT2D eigenvalue weighted by molar-refractivity contribution is 5.81. The van der Waals surface area contributed by atoms with Gasteiger partial charge in [0.2, 0.25) is 11.8 Å². The molecule has 3 aliphatic heterocycles. The zero-order chi connectivity index (χ0) is 19.3. The summed E-state index contributed by atoms with van der Waals surface area (Å²) in [5, 5.41) is 0. The summed E-state index contributed by atoms with van der Waals surface area (Å²) in [6, 6.07) is 8.44. The van der Waals surface area contributed by atoms with Crippen molar-refractivity contribution in [3.05, 3.63) is 35.4 Å². The van der Waals surface area contributed by atoms with E-state index in [1.54, 1.807) is 0 Å². The van der Waals surface area contributed by atoms with Crippen LogP contribution in [0.4, 0.5) is 0 Å². The molecule has 3 aliphatic rings. The molecule has 2 amide bonds. The standard InChI is InChI=1S/C23H33N3O2/c27-22(18-24-12-5-1-2-6-13-24)25-14-10-20(11-15-25)23(28)26-16-9-19-7-3-4-8-21(19)17-26/h3-4,7-8,20H,1-2,5-6,9-18H2. The third-order valence-electron chi connectivity index (χ3n) is 6.70. The SMILES string of the molecule is O=C(CN1CCCCCC1)N1CCC(C(=O)N2CCc3ccccc3C2)CC1. The molecule has 1 aromatic carbocycles. The van der Waals surface area contributed by atoms with Crippen molar-refractivity contribution in [2.75, 3.05) is 39.3 Å². The van der Waals surface area contributed by atoms with Crippen LogP contribution in [0.5, 0.6) is 0 Å². The maximum Gasteiger partial charge on any atom is 0.236 e. The fourth-order valence-corrected chi connectivity index (χ4v) is 4.90. The summed E-state index contributed by atoms with van der Waals surface area (Å²) in [7, 11) is 0. The molecule has 3 heterocycles. The number of rotatable bonds is 3. The number of hydrogen-bond acceptors (Lipinski definition) is 3. The number of piperidine rings is 1. The molecule has 2 fully saturated rings. The van der Waals surface area contributed by atoms with E-state index in [1.807, 2.05) is 9.80 Å². The summed E-state index contributed by atoms with van der Waals surface area (Å²) in [6.45, 7) is 5.68. The molecule has 5 nitrogen and oxygen atoms in total. The molecule has 0 spiro atoms. The Hall–Kier alpha value is -1.88. The van der Waals surface area contributed by atoms with Crippen LogP contribution in [0.1, 0.15) is 49.7 Å². The molecule has 4 rings (SSSR count). The van der Waals surface area contributed by atoms with E-state index in [4.69, 9.17) is 0 Å². The van der Waals surface area contributed by atoms with E-state index in [1.165, 1.54) is 36.8 Å². The van der Waals surface area contributed by atoms with Crippen molar-refractivity contribution >= 4 is 11.8 Å². The molecule has 2 saturated heterocycles. The second-order valence-corrected chi connectivity index (χ2v) is 8.62. The van der Waals surface area contributed by atoms with Crippen molar-refractivity contribution < 1.29 is 9.59 Å². The van der Waals surface area contributed by atoms with E-state index in [0.29, 0.717) is 6.54 Å². The van der Waals surface area contributed by atoms with Crippen molar-refractivity contribution in [1.29, 1.82) is 0 Å². The monoisotopic (exact) mass is 383 g/mol. The Labute approximate surface area is 168 Å². The van der Waals surface area contributed by atoms with Gasteiger partial charge in [0.15, 0.2) is 0 Å². The summed E-state index contributed by atoms with van der Waals surface area (Å²) >= 11 is 0. The third-order valence-corrected chi connectivity index (χ3v) is 6.70. The number of fused-ring (bicyclic) bond motifs is 1. The Bertz CT molecular complexity index is 689. The molecule has 0 unspecified atom stereocenters. The maximum atomic E-state index is 13.0. The lowest BCUT2D eigenvalue weighted by Crippen LogP contribution is -2.48. The number of carbonyl (C=O) groups is 2. The van der Waals surface area contributed by atoms with E-state index in [0.717, 1.165) is 58.5 Å². The van der Waals surface area contributed by atoms with Gasteiger partial charge in [-0.05, 0) is 56.3 Å². The van der Waals surface area contributed by atoms with Gasteiger partial charge in [-0.1, -0.05) is 37.1 Å². The summed E-state index contributed by atoms with van der Waals surface area (Å²) in [6.07, 6.45) is 7.57. The lowest BCUT2D eigenvalue weighted by molar-refractivity contribution is -0.141. The third kappa shape index (κ3) is 4.57. The highest BCUT2D eigenvalue weighted by Gasteiger charge is 2.31. The second-order valence-electron chi connectivity index (χ2n) is 8.62. The van der Waals surface area contributed by atoms with Crippen molar-refractivity contribution in [2.24, 2.45) is 5.92 Å². The summed E-state index contributed by atoms with van der Waals surface area (Å²) in [5.41, 5.74) is 2.66. The molecular weight excluding hydrogens is 350 g/mol. The van der Waals surface area contributed by atoms with Gasteiger partial charge in [0.1, 0.15) is 0 Å². The molecule has 0 atom stereocenters. The molecular formula is C23H33N3O2. The highest BCUT2D eigenvalue weighted by Crippen LogP contribution is 2.25. The topological polar surface area (TPSA) is 43.9 Å². The molecule has 0 aromatic heterocycles. The summed E-state index contributed by atoms with van der Waals surface area (Å²) < 4.78 is 0. The van der Waals surface area contributed by atoms with Crippen LogP contribution in [0, 0.1) is 5.92 Å². The first-order chi connectivity index (χ1) is 13.7. The van der Waals surface area contributed by atoms with Gasteiger partial charge in [0, 0.05) is 32.1 Å². The van der Waals surface area contributed by atoms with Crippen LogP contribution >= 0.6 is 0 Å². The van der Waals surface area contributed by atoms with E-state index in [-0.39, 0.29) is 17.7 Å². The smallest absolute Gasteiger partial charge is 0.236 e. The average Bonchev–Trinajstić information content (AvgIpc) is 3.01. The number of amides is 2. The van der Waals surface area contributed by atoms with Gasteiger partial charge < -0.3 is 9.80 Å². The van der Waals surface area contributed by atoms with Crippen molar-refractivity contribution in [3.8, 4) is 0 Å². The Balaban J connectivity index is 1.26. The van der Waals surface area contributed by atoms with Crippen molar-refractivity contribution in [3.63, 3.8) is 0 Å². The first-order valence-corrected chi connectivity index (χ1v) is 11.1. The number of carbonyl (C=O) groups excluding carboxylic acids is 2. The van der Waals surface area contributed by atoms with E-state index >= 15 is 0 Å². The minimum absolute atomic E-state index is 0.0764. The Morgan fingerprint density at radius 2 is 1.50 bits per heavy atom. The van der Waals surface area contributed by atoms with E-state index in [2.05, 4.69) is 29.2 Å². The van der Waals surface area contributed by atoms with Gasteiger partial charge >= 0.3 is 0 Å². The summed E-state index contributed by atoms with van der Waals surface area (Å²) in [5.74, 6) is 0.612. The molecule has 0 radical (unpaired) electrons. The van der Waals surface area contributed by atoms with E-state index < -0.39 is 0 Å². The molecule has 1 aromatic rings. The molecule has 0 aliphatic carbocycles. The van der Waals surface area contributed by atoms with Crippen molar-refractivity contribution in [1.82, 2.24) is 14.7 Å². The van der Waals surface area contributed by atoms with Crippen LogP contribution in [0.2, 0.25) is 0 Å². The number of hydrogen-bond donors (Lipinski definition) is 0. The van der Waals surface area contributed by atoms with Gasteiger partial charge in [-0.2, -0.15) is 0 Å². The molecule has 28 heavy (non-hydrogen) atoms. The van der Waals surface area contributed by atoms with Crippen LogP contribution in [0.3, 0.4) is 0 Å². The van der Waals surface area contributed by atoms with Crippen LogP contribution in [-0.4, -0.2) is 65.8 Å². The number of benzene rings is 1. The normalized spacial score (nSPS) is 21.9. The highest BCUT2D eigenvalue weighted by atomic mass is 16.2. The average molecular weight is 384 g/mol. The molecule has 5 heteroatoms. The van der Waals surface area contributed by atoms with Crippen LogP contribution in [0.15, 0.2) is 24.3 Å². The predicted molar refractivity (Wildman–Crippen MR) is 110 cm³/mol. The molecule has 0 N–H and O–H groups in total. The predicted octanol–water partition coefficient (Wildman–Crippen LogP) is 2.69. The van der Waals surface area contributed by atoms with Crippen LogP contribution in [-0.2, 0) is 22.6 Å². The largest absolute Gasteiger partial charge is 0.342 e. The van der Waals surface area contributed by atoms with Gasteiger partial charge in [-0.15, -0.1) is 0 Å². The first kappa shape index (κ1) is 19.4. The zero-order valence-corrected chi connectivity index (χ0v) is 16.9. The molecule has 152 valence electrons. The minimum Gasteiger partial charge on any atom is -0.342 e. The van der Waals surface area contributed by atoms with Gasteiger partial charge in [-0.3, -0.25) is 14.5 Å². The van der Waals surface area contributed by atoms with E-state index in [9.17, 15) is 9.59 Å². The Morgan fingerprint density at radius 3 is 2.21 bits per heavy atom. The maximum absolute atomic E-state index is 13.0. The van der Waals surface area contributed by atoms with Gasteiger partial charge in [-0.25, -0.2) is 0 Å². The zero-order valence-electron chi connectivity index (χ0n) is 16.9. The van der Waals surface area contributed by atoms with Gasteiger partial charge in [0.05, 0.1) is 6.54 Å². The van der Waals surface area contributed by atoms with Gasteiger partial charge in [0.25, 0.3) is 0 Å². The first-order valence-electron chi connectivity index (χ1n) is 11.1. The minimum atomic E-state index is 0.0764. The lowest BCUT2D eigenvalue weighted by atomic mass is 9.93. The number of likely N-dealkylation sites (tertiary alicyclic amines) is 2. The Morgan fingerprint density at radius 1 is 0.821 bits per heavy atom. The molecule has 0 saturated carbocycles. The lowest BCUT2D eigenvalue weighted by Gasteiger charge is -2.36. The summed E-state index contributed by atoms with van der Waals surface area (Å²) in [4.78, 5) is 32.0. The number of nitrogens with zero attached hydrogens (tertiary/aromatic N) is 3. The molecule has 0 bridgehead atoms. The Kier molecular flexibility index (Phi) is 6.30.